The molecular weight excluding hydrogens is 445 g/mol. The van der Waals surface area contributed by atoms with Crippen molar-refractivity contribution in [2.45, 2.75) is 26.8 Å². The molecule has 0 saturated carbocycles. The van der Waals surface area contributed by atoms with Crippen molar-refractivity contribution in [2.75, 3.05) is 33.7 Å². The molecule has 146 valence electrons. The SMILES string of the molecule is CCCNC(=O)CNC(=NCc1ccc(C(=O)N(C)C)cc1)NCC.I. The standard InChI is InChI=1S/C18H29N5O2.HI/c1-5-11-20-16(24)13-22-18(19-6-2)21-12-14-7-9-15(10-8-14)17(25)23(3)4;/h7-10H,5-6,11-13H2,1-4H3,(H,20,24)(H2,19,21,22);1H. The fourth-order valence-electron chi connectivity index (χ4n) is 2.01. The molecule has 0 bridgehead atoms. The first-order valence-corrected chi connectivity index (χ1v) is 8.57. The lowest BCUT2D eigenvalue weighted by atomic mass is 10.1. The molecule has 0 spiro atoms. The van der Waals surface area contributed by atoms with Gasteiger partial charge in [-0.25, -0.2) is 4.99 Å². The van der Waals surface area contributed by atoms with E-state index in [0.29, 0.717) is 31.2 Å². The topological polar surface area (TPSA) is 85.8 Å². The third-order valence-corrected chi connectivity index (χ3v) is 3.36. The van der Waals surface area contributed by atoms with Gasteiger partial charge in [0.05, 0.1) is 13.1 Å². The van der Waals surface area contributed by atoms with E-state index in [1.165, 1.54) is 0 Å². The van der Waals surface area contributed by atoms with E-state index >= 15 is 0 Å². The number of aliphatic imine (C=N–C) groups is 1. The molecule has 0 aromatic heterocycles. The maximum atomic E-state index is 11.9. The van der Waals surface area contributed by atoms with Gasteiger partial charge < -0.3 is 20.9 Å². The number of halogens is 1. The lowest BCUT2D eigenvalue weighted by molar-refractivity contribution is -0.120. The van der Waals surface area contributed by atoms with Gasteiger partial charge in [0.1, 0.15) is 0 Å². The van der Waals surface area contributed by atoms with Crippen LogP contribution in [0.1, 0.15) is 36.2 Å². The number of guanidine groups is 1. The molecule has 0 aliphatic heterocycles. The summed E-state index contributed by atoms with van der Waals surface area (Å²) in [6, 6.07) is 7.37. The number of amides is 2. The fourth-order valence-corrected chi connectivity index (χ4v) is 2.01. The Morgan fingerprint density at radius 1 is 1.04 bits per heavy atom. The Morgan fingerprint density at radius 2 is 1.69 bits per heavy atom. The smallest absolute Gasteiger partial charge is 0.253 e. The fraction of sp³-hybridized carbons (Fsp3) is 0.500. The van der Waals surface area contributed by atoms with E-state index in [9.17, 15) is 9.59 Å². The Kier molecular flexibility index (Phi) is 12.4. The van der Waals surface area contributed by atoms with Gasteiger partial charge in [0.2, 0.25) is 5.91 Å². The van der Waals surface area contributed by atoms with Crippen LogP contribution in [-0.4, -0.2) is 56.4 Å². The van der Waals surface area contributed by atoms with Crippen LogP contribution in [0.15, 0.2) is 29.3 Å². The van der Waals surface area contributed by atoms with Crippen LogP contribution in [0.5, 0.6) is 0 Å². The van der Waals surface area contributed by atoms with E-state index < -0.39 is 0 Å². The van der Waals surface area contributed by atoms with Gasteiger partial charge in [-0.3, -0.25) is 9.59 Å². The Bertz CT molecular complexity index is 588. The minimum absolute atomic E-state index is 0. The van der Waals surface area contributed by atoms with Crippen LogP contribution in [-0.2, 0) is 11.3 Å². The highest BCUT2D eigenvalue weighted by atomic mass is 127. The van der Waals surface area contributed by atoms with Gasteiger partial charge >= 0.3 is 0 Å². The summed E-state index contributed by atoms with van der Waals surface area (Å²) in [4.78, 5) is 29.5. The van der Waals surface area contributed by atoms with Gasteiger partial charge in [-0.05, 0) is 31.0 Å². The van der Waals surface area contributed by atoms with Crippen molar-refractivity contribution < 1.29 is 9.59 Å². The number of rotatable bonds is 8. The van der Waals surface area contributed by atoms with Crippen molar-refractivity contribution in [3.8, 4) is 0 Å². The number of benzene rings is 1. The quantitative estimate of drug-likeness (QED) is 0.303. The average molecular weight is 475 g/mol. The van der Waals surface area contributed by atoms with E-state index in [2.05, 4.69) is 20.9 Å². The summed E-state index contributed by atoms with van der Waals surface area (Å²) in [7, 11) is 3.46. The van der Waals surface area contributed by atoms with Crippen molar-refractivity contribution >= 4 is 41.8 Å². The molecule has 0 saturated heterocycles. The second-order valence-electron chi connectivity index (χ2n) is 5.80. The number of nitrogens with one attached hydrogen (secondary N) is 3. The maximum Gasteiger partial charge on any atom is 0.253 e. The molecule has 3 N–H and O–H groups in total. The van der Waals surface area contributed by atoms with E-state index in [0.717, 1.165) is 12.0 Å². The van der Waals surface area contributed by atoms with E-state index in [-0.39, 0.29) is 42.3 Å². The minimum Gasteiger partial charge on any atom is -0.357 e. The number of hydrogen-bond donors (Lipinski definition) is 3. The summed E-state index contributed by atoms with van der Waals surface area (Å²) in [5.74, 6) is 0.504. The summed E-state index contributed by atoms with van der Waals surface area (Å²) in [5, 5.41) is 8.93. The summed E-state index contributed by atoms with van der Waals surface area (Å²) in [6.07, 6.45) is 0.909. The van der Waals surface area contributed by atoms with Crippen molar-refractivity contribution in [1.29, 1.82) is 0 Å². The third-order valence-electron chi connectivity index (χ3n) is 3.36. The second-order valence-corrected chi connectivity index (χ2v) is 5.80. The van der Waals surface area contributed by atoms with Crippen molar-refractivity contribution in [3.05, 3.63) is 35.4 Å². The van der Waals surface area contributed by atoms with E-state index in [1.807, 2.05) is 26.0 Å². The number of hydrogen-bond acceptors (Lipinski definition) is 3. The molecule has 1 aromatic carbocycles. The Morgan fingerprint density at radius 3 is 2.23 bits per heavy atom. The summed E-state index contributed by atoms with van der Waals surface area (Å²) in [6.45, 7) is 6.00. The van der Waals surface area contributed by atoms with Crippen molar-refractivity contribution in [2.24, 2.45) is 4.99 Å². The van der Waals surface area contributed by atoms with Crippen LogP contribution >= 0.6 is 24.0 Å². The van der Waals surface area contributed by atoms with Gasteiger partial charge in [-0.15, -0.1) is 24.0 Å². The molecule has 0 fully saturated rings. The lowest BCUT2D eigenvalue weighted by Crippen LogP contribution is -2.43. The van der Waals surface area contributed by atoms with Crippen molar-refractivity contribution in [3.63, 3.8) is 0 Å². The van der Waals surface area contributed by atoms with Crippen LogP contribution < -0.4 is 16.0 Å². The highest BCUT2D eigenvalue weighted by molar-refractivity contribution is 14.0. The van der Waals surface area contributed by atoms with Crippen LogP contribution in [0, 0.1) is 0 Å². The highest BCUT2D eigenvalue weighted by Crippen LogP contribution is 2.07. The van der Waals surface area contributed by atoms with Gasteiger partial charge in [0.25, 0.3) is 5.91 Å². The first-order chi connectivity index (χ1) is 12.0. The molecule has 26 heavy (non-hydrogen) atoms. The number of carbonyl (C=O) groups excluding carboxylic acids is 2. The van der Waals surface area contributed by atoms with Crippen molar-refractivity contribution in [1.82, 2.24) is 20.9 Å². The minimum atomic E-state index is -0.0565. The zero-order valence-corrected chi connectivity index (χ0v) is 18.3. The van der Waals surface area contributed by atoms with Crippen LogP contribution in [0.2, 0.25) is 0 Å². The molecule has 2 amide bonds. The van der Waals surface area contributed by atoms with E-state index in [1.54, 1.807) is 31.1 Å². The predicted molar refractivity (Wildman–Crippen MR) is 116 cm³/mol. The molecule has 0 heterocycles. The molecule has 0 aliphatic carbocycles. The van der Waals surface area contributed by atoms with Gasteiger partial charge in [-0.2, -0.15) is 0 Å². The first kappa shape index (κ1) is 24.2. The monoisotopic (exact) mass is 475 g/mol. The second kappa shape index (κ2) is 13.4. The van der Waals surface area contributed by atoms with Gasteiger partial charge in [0, 0.05) is 32.7 Å². The lowest BCUT2D eigenvalue weighted by Gasteiger charge is -2.12. The zero-order valence-electron chi connectivity index (χ0n) is 16.0. The summed E-state index contributed by atoms with van der Waals surface area (Å²) >= 11 is 0. The molecule has 0 atom stereocenters. The molecule has 1 rings (SSSR count). The number of carbonyl (C=O) groups is 2. The summed E-state index contributed by atoms with van der Waals surface area (Å²) in [5.41, 5.74) is 1.64. The molecule has 0 aliphatic rings. The summed E-state index contributed by atoms with van der Waals surface area (Å²) < 4.78 is 0. The van der Waals surface area contributed by atoms with Gasteiger partial charge in [0.15, 0.2) is 5.96 Å². The number of nitrogens with zero attached hydrogens (tertiary/aromatic N) is 2. The molecule has 7 nitrogen and oxygen atoms in total. The van der Waals surface area contributed by atoms with E-state index in [4.69, 9.17) is 0 Å². The average Bonchev–Trinajstić information content (AvgIpc) is 2.62. The van der Waals surface area contributed by atoms with Gasteiger partial charge in [-0.1, -0.05) is 19.1 Å². The van der Waals surface area contributed by atoms with Crippen LogP contribution in [0.25, 0.3) is 0 Å². The maximum absolute atomic E-state index is 11.9. The molecule has 1 aromatic rings. The first-order valence-electron chi connectivity index (χ1n) is 8.57. The normalized spacial score (nSPS) is 10.5. The van der Waals surface area contributed by atoms with Crippen LogP contribution in [0.3, 0.4) is 0 Å². The predicted octanol–water partition coefficient (Wildman–Crippen LogP) is 1.59. The molecule has 0 unspecified atom stereocenters. The molecule has 0 radical (unpaired) electrons. The van der Waals surface area contributed by atoms with Crippen LogP contribution in [0.4, 0.5) is 0 Å². The third kappa shape index (κ3) is 9.02. The molecule has 8 heteroatoms. The Labute approximate surface area is 173 Å². The zero-order chi connectivity index (χ0) is 18.7. The largest absolute Gasteiger partial charge is 0.357 e. The Hall–Kier alpha value is -1.84. The Balaban J connectivity index is 0.00000625. The highest BCUT2D eigenvalue weighted by Gasteiger charge is 2.07. The molecular formula is C18H30IN5O2.